The molecule has 0 atom stereocenters. The van der Waals surface area contributed by atoms with E-state index < -0.39 is 0 Å². The second-order valence-corrected chi connectivity index (χ2v) is 5.26. The van der Waals surface area contributed by atoms with Gasteiger partial charge in [0.1, 0.15) is 11.6 Å². The molecular weight excluding hydrogens is 336 g/mol. The molecule has 0 aliphatic rings. The van der Waals surface area contributed by atoms with Crippen LogP contribution in [-0.2, 0) is 6.54 Å². The van der Waals surface area contributed by atoms with Gasteiger partial charge >= 0.3 is 0 Å². The highest BCUT2D eigenvalue weighted by Crippen LogP contribution is 2.29. The van der Waals surface area contributed by atoms with E-state index in [0.29, 0.717) is 29.5 Å². The lowest BCUT2D eigenvalue weighted by atomic mass is 10.2. The monoisotopic (exact) mass is 354 g/mol. The van der Waals surface area contributed by atoms with Crippen LogP contribution in [0.1, 0.15) is 16.2 Å². The Morgan fingerprint density at radius 1 is 1.08 bits per heavy atom. The molecule has 0 aliphatic carbocycles. The van der Waals surface area contributed by atoms with Gasteiger partial charge in [-0.15, -0.1) is 10.2 Å². The van der Waals surface area contributed by atoms with Crippen LogP contribution in [0.15, 0.2) is 53.1 Å². The molecule has 134 valence electrons. The Labute approximate surface area is 150 Å². The van der Waals surface area contributed by atoms with Crippen molar-refractivity contribution in [1.29, 1.82) is 0 Å². The minimum absolute atomic E-state index is 0.198. The van der Waals surface area contributed by atoms with Crippen molar-refractivity contribution in [3.63, 3.8) is 0 Å². The highest BCUT2D eigenvalue weighted by Gasteiger charge is 2.11. The minimum atomic E-state index is -0.373. The molecule has 1 aromatic carbocycles. The van der Waals surface area contributed by atoms with Gasteiger partial charge in [0.05, 0.1) is 27.0 Å². The largest absolute Gasteiger partial charge is 0.493 e. The molecule has 0 fully saturated rings. The van der Waals surface area contributed by atoms with Crippen LogP contribution in [0.4, 0.5) is 11.5 Å². The summed E-state index contributed by atoms with van der Waals surface area (Å²) in [6.07, 6.45) is 1.60. The fraction of sp³-hybridized carbons (Fsp3) is 0.167. The van der Waals surface area contributed by atoms with E-state index >= 15 is 0 Å². The van der Waals surface area contributed by atoms with Gasteiger partial charge in [0, 0.05) is 11.8 Å². The van der Waals surface area contributed by atoms with Crippen molar-refractivity contribution in [3.8, 4) is 11.5 Å². The third kappa shape index (κ3) is 4.10. The molecule has 2 heterocycles. The molecule has 8 nitrogen and oxygen atoms in total. The number of furan rings is 1. The van der Waals surface area contributed by atoms with Gasteiger partial charge in [-0.3, -0.25) is 4.79 Å². The van der Waals surface area contributed by atoms with E-state index in [2.05, 4.69) is 20.8 Å². The van der Waals surface area contributed by atoms with Crippen molar-refractivity contribution in [2.75, 3.05) is 24.9 Å². The summed E-state index contributed by atoms with van der Waals surface area (Å²) in [5.74, 6) is 2.06. The second kappa shape index (κ2) is 8.02. The Hall–Kier alpha value is -3.55. The normalized spacial score (nSPS) is 10.2. The SMILES string of the molecule is COc1ccc(NC(=O)c2ccc(NCc3ccco3)nn2)cc1OC. The molecule has 0 aliphatic heterocycles. The van der Waals surface area contributed by atoms with Crippen LogP contribution in [0.2, 0.25) is 0 Å². The number of carbonyl (C=O) groups is 1. The summed E-state index contributed by atoms with van der Waals surface area (Å²) in [4.78, 5) is 12.3. The van der Waals surface area contributed by atoms with Gasteiger partial charge in [-0.25, -0.2) is 0 Å². The Balaban J connectivity index is 1.62. The third-order valence-electron chi connectivity index (χ3n) is 3.56. The molecule has 0 bridgehead atoms. The summed E-state index contributed by atoms with van der Waals surface area (Å²) in [6, 6.07) is 12.0. The van der Waals surface area contributed by atoms with Crippen LogP contribution in [0.3, 0.4) is 0 Å². The molecule has 0 saturated heterocycles. The first-order valence-electron chi connectivity index (χ1n) is 7.83. The Morgan fingerprint density at radius 3 is 2.58 bits per heavy atom. The zero-order chi connectivity index (χ0) is 18.4. The van der Waals surface area contributed by atoms with Gasteiger partial charge in [0.15, 0.2) is 17.2 Å². The van der Waals surface area contributed by atoms with Crippen molar-refractivity contribution in [2.24, 2.45) is 0 Å². The summed E-state index contributed by atoms with van der Waals surface area (Å²) in [5.41, 5.74) is 0.762. The van der Waals surface area contributed by atoms with Crippen LogP contribution >= 0.6 is 0 Å². The maximum absolute atomic E-state index is 12.3. The molecule has 2 aromatic heterocycles. The standard InChI is InChI=1S/C18H18N4O4/c1-24-15-7-5-12(10-16(15)25-2)20-18(23)14-6-8-17(22-21-14)19-11-13-4-3-9-26-13/h3-10H,11H2,1-2H3,(H,19,22)(H,20,23). The number of nitrogens with zero attached hydrogens (tertiary/aromatic N) is 2. The second-order valence-electron chi connectivity index (χ2n) is 5.26. The van der Waals surface area contributed by atoms with E-state index in [1.165, 1.54) is 7.11 Å². The van der Waals surface area contributed by atoms with E-state index in [1.54, 1.807) is 43.7 Å². The number of hydrogen-bond acceptors (Lipinski definition) is 7. The summed E-state index contributed by atoms with van der Waals surface area (Å²) in [7, 11) is 3.08. The van der Waals surface area contributed by atoms with Gasteiger partial charge in [-0.05, 0) is 36.4 Å². The number of ether oxygens (including phenoxy) is 2. The molecular formula is C18H18N4O4. The lowest BCUT2D eigenvalue weighted by Gasteiger charge is -2.10. The molecule has 1 amide bonds. The Kier molecular flexibility index (Phi) is 5.33. The van der Waals surface area contributed by atoms with Crippen molar-refractivity contribution < 1.29 is 18.7 Å². The third-order valence-corrected chi connectivity index (χ3v) is 3.56. The predicted octanol–water partition coefficient (Wildman–Crippen LogP) is 2.95. The van der Waals surface area contributed by atoms with Crippen molar-refractivity contribution >= 4 is 17.4 Å². The van der Waals surface area contributed by atoms with Crippen LogP contribution < -0.4 is 20.1 Å². The number of benzene rings is 1. The van der Waals surface area contributed by atoms with Crippen LogP contribution in [-0.4, -0.2) is 30.3 Å². The molecule has 26 heavy (non-hydrogen) atoms. The number of nitrogens with one attached hydrogen (secondary N) is 2. The van der Waals surface area contributed by atoms with E-state index in [0.717, 1.165) is 5.76 Å². The molecule has 3 aromatic rings. The zero-order valence-electron chi connectivity index (χ0n) is 14.4. The molecule has 0 unspecified atom stereocenters. The maximum Gasteiger partial charge on any atom is 0.276 e. The fourth-order valence-electron chi connectivity index (χ4n) is 2.25. The Morgan fingerprint density at radius 2 is 1.92 bits per heavy atom. The van der Waals surface area contributed by atoms with Crippen molar-refractivity contribution in [1.82, 2.24) is 10.2 Å². The average molecular weight is 354 g/mol. The topological polar surface area (TPSA) is 98.5 Å². The summed E-state index contributed by atoms with van der Waals surface area (Å²) in [5, 5.41) is 13.7. The first-order valence-corrected chi connectivity index (χ1v) is 7.83. The maximum atomic E-state index is 12.3. The molecule has 3 rings (SSSR count). The zero-order valence-corrected chi connectivity index (χ0v) is 14.4. The van der Waals surface area contributed by atoms with E-state index in [9.17, 15) is 4.79 Å². The number of methoxy groups -OCH3 is 2. The molecule has 0 saturated carbocycles. The summed E-state index contributed by atoms with van der Waals surface area (Å²) < 4.78 is 15.6. The fourth-order valence-corrected chi connectivity index (χ4v) is 2.25. The van der Waals surface area contributed by atoms with Crippen LogP contribution in [0.25, 0.3) is 0 Å². The van der Waals surface area contributed by atoms with E-state index in [4.69, 9.17) is 13.9 Å². The van der Waals surface area contributed by atoms with Gasteiger partial charge in [-0.2, -0.15) is 0 Å². The highest BCUT2D eigenvalue weighted by atomic mass is 16.5. The number of anilines is 2. The molecule has 2 N–H and O–H groups in total. The highest BCUT2D eigenvalue weighted by molar-refractivity contribution is 6.02. The summed E-state index contributed by atoms with van der Waals surface area (Å²) >= 11 is 0. The quantitative estimate of drug-likeness (QED) is 0.673. The van der Waals surface area contributed by atoms with Gasteiger partial charge in [0.2, 0.25) is 0 Å². The van der Waals surface area contributed by atoms with E-state index in [-0.39, 0.29) is 11.6 Å². The smallest absolute Gasteiger partial charge is 0.276 e. The van der Waals surface area contributed by atoms with Crippen LogP contribution in [0.5, 0.6) is 11.5 Å². The van der Waals surface area contributed by atoms with Gasteiger partial charge in [-0.1, -0.05) is 0 Å². The number of rotatable bonds is 7. The molecule has 8 heteroatoms. The number of aromatic nitrogens is 2. The van der Waals surface area contributed by atoms with Crippen molar-refractivity contribution in [3.05, 3.63) is 60.2 Å². The Bertz CT molecular complexity index is 863. The average Bonchev–Trinajstić information content (AvgIpc) is 3.20. The molecule has 0 spiro atoms. The van der Waals surface area contributed by atoms with Crippen LogP contribution in [0, 0.1) is 0 Å². The molecule has 0 radical (unpaired) electrons. The number of hydrogen-bond donors (Lipinski definition) is 2. The lowest BCUT2D eigenvalue weighted by molar-refractivity contribution is 0.102. The number of carbonyl (C=O) groups excluding carboxylic acids is 1. The van der Waals surface area contributed by atoms with Crippen molar-refractivity contribution in [2.45, 2.75) is 6.54 Å². The first kappa shape index (κ1) is 17.3. The van der Waals surface area contributed by atoms with E-state index in [1.807, 2.05) is 12.1 Å². The van der Waals surface area contributed by atoms with Gasteiger partial charge < -0.3 is 24.5 Å². The lowest BCUT2D eigenvalue weighted by Crippen LogP contribution is -2.15. The van der Waals surface area contributed by atoms with Gasteiger partial charge in [0.25, 0.3) is 5.91 Å². The minimum Gasteiger partial charge on any atom is -0.493 e. The number of amides is 1. The first-order chi connectivity index (χ1) is 12.7. The summed E-state index contributed by atoms with van der Waals surface area (Å²) in [6.45, 7) is 0.485. The predicted molar refractivity (Wildman–Crippen MR) is 95.6 cm³/mol.